The van der Waals surface area contributed by atoms with Gasteiger partial charge in [0, 0.05) is 38.1 Å². The summed E-state index contributed by atoms with van der Waals surface area (Å²) >= 11 is 2.28. The fourth-order valence-electron chi connectivity index (χ4n) is 3.59. The highest BCUT2D eigenvalue weighted by atomic mass is 127. The molecular weight excluding hydrogens is 455 g/mol. The highest BCUT2D eigenvalue weighted by Crippen LogP contribution is 2.30. The topological polar surface area (TPSA) is 72.5 Å². The summed E-state index contributed by atoms with van der Waals surface area (Å²) in [6.45, 7) is 5.69. The van der Waals surface area contributed by atoms with E-state index in [1.54, 1.807) is 0 Å². The Morgan fingerprint density at radius 3 is 2.56 bits per heavy atom. The number of amides is 1. The molecule has 0 unspecified atom stereocenters. The molecule has 27 heavy (non-hydrogen) atoms. The second-order valence-electron chi connectivity index (χ2n) is 6.96. The maximum Gasteiger partial charge on any atom is 0.407 e. The first-order valence-corrected chi connectivity index (χ1v) is 10.0. The van der Waals surface area contributed by atoms with Crippen LogP contribution in [0.2, 0.25) is 0 Å². The number of aromatic nitrogens is 2. The summed E-state index contributed by atoms with van der Waals surface area (Å²) in [5.41, 5.74) is 5.88. The zero-order valence-electron chi connectivity index (χ0n) is 15.1. The third-order valence-corrected chi connectivity index (χ3v) is 5.99. The van der Waals surface area contributed by atoms with E-state index in [4.69, 9.17) is 5.11 Å². The van der Waals surface area contributed by atoms with E-state index >= 15 is 0 Å². The first-order chi connectivity index (χ1) is 13.0. The number of aryl methyl sites for hydroxylation is 1. The van der Waals surface area contributed by atoms with Gasteiger partial charge in [-0.1, -0.05) is 24.3 Å². The van der Waals surface area contributed by atoms with Crippen LogP contribution in [0, 0.1) is 10.6 Å². The van der Waals surface area contributed by atoms with E-state index in [-0.39, 0.29) is 0 Å². The molecule has 1 saturated heterocycles. The van der Waals surface area contributed by atoms with Gasteiger partial charge in [0.25, 0.3) is 0 Å². The van der Waals surface area contributed by atoms with Gasteiger partial charge in [0.15, 0.2) is 0 Å². The van der Waals surface area contributed by atoms with Crippen LogP contribution in [0.1, 0.15) is 11.1 Å². The Morgan fingerprint density at radius 1 is 1.19 bits per heavy atom. The summed E-state index contributed by atoms with van der Waals surface area (Å²) in [6.07, 6.45) is -0.821. The van der Waals surface area contributed by atoms with Gasteiger partial charge >= 0.3 is 6.09 Å². The van der Waals surface area contributed by atoms with Gasteiger partial charge in [-0.3, -0.25) is 10.00 Å². The molecule has 1 aromatic heterocycles. The van der Waals surface area contributed by atoms with Crippen molar-refractivity contribution in [2.45, 2.75) is 13.5 Å². The number of hydrogen-bond donors (Lipinski definition) is 2. The fourth-order valence-corrected chi connectivity index (χ4v) is 4.14. The minimum atomic E-state index is -0.821. The van der Waals surface area contributed by atoms with Gasteiger partial charge < -0.3 is 10.0 Å². The number of nitrogens with one attached hydrogen (secondary N) is 1. The summed E-state index contributed by atoms with van der Waals surface area (Å²) < 4.78 is 1.06. The van der Waals surface area contributed by atoms with Gasteiger partial charge in [0.05, 0.1) is 5.52 Å². The van der Waals surface area contributed by atoms with Crippen LogP contribution >= 0.6 is 22.6 Å². The van der Waals surface area contributed by atoms with E-state index < -0.39 is 6.09 Å². The number of hydrogen-bond acceptors (Lipinski definition) is 3. The van der Waals surface area contributed by atoms with Crippen LogP contribution in [0.25, 0.3) is 22.0 Å². The van der Waals surface area contributed by atoms with Crippen molar-refractivity contribution >= 4 is 39.6 Å². The SMILES string of the molecule is Cc1cc2n[nH]c(I)c2cc1-c1ccc(CN2CCN(C(=O)O)CC2)cc1. The number of halogens is 1. The number of aromatic amines is 1. The van der Waals surface area contributed by atoms with E-state index in [1.807, 2.05) is 0 Å². The van der Waals surface area contributed by atoms with E-state index in [0.717, 1.165) is 34.2 Å². The Bertz CT molecular complexity index is 976. The Morgan fingerprint density at radius 2 is 1.89 bits per heavy atom. The number of H-pyrrole nitrogens is 1. The van der Waals surface area contributed by atoms with Crippen LogP contribution in [0.15, 0.2) is 36.4 Å². The van der Waals surface area contributed by atoms with Crippen molar-refractivity contribution in [3.05, 3.63) is 51.2 Å². The smallest absolute Gasteiger partial charge is 0.407 e. The molecule has 2 aromatic carbocycles. The molecule has 0 saturated carbocycles. The molecule has 0 bridgehead atoms. The average molecular weight is 476 g/mol. The highest BCUT2D eigenvalue weighted by Gasteiger charge is 2.20. The molecule has 4 rings (SSSR count). The molecule has 0 spiro atoms. The summed E-state index contributed by atoms with van der Waals surface area (Å²) in [6, 6.07) is 13.0. The largest absolute Gasteiger partial charge is 0.465 e. The summed E-state index contributed by atoms with van der Waals surface area (Å²) in [5, 5.41) is 17.6. The van der Waals surface area contributed by atoms with Gasteiger partial charge in [-0.25, -0.2) is 4.79 Å². The zero-order valence-corrected chi connectivity index (χ0v) is 17.2. The van der Waals surface area contributed by atoms with Crippen molar-refractivity contribution in [2.75, 3.05) is 26.2 Å². The first kappa shape index (κ1) is 18.2. The summed E-state index contributed by atoms with van der Waals surface area (Å²) in [5.74, 6) is 0. The van der Waals surface area contributed by atoms with Gasteiger partial charge in [0.1, 0.15) is 3.70 Å². The molecular formula is C20H21IN4O2. The van der Waals surface area contributed by atoms with Gasteiger partial charge in [0.2, 0.25) is 0 Å². The zero-order chi connectivity index (χ0) is 19.0. The summed E-state index contributed by atoms with van der Waals surface area (Å²) in [7, 11) is 0. The van der Waals surface area contributed by atoms with Crippen LogP contribution < -0.4 is 0 Å². The van der Waals surface area contributed by atoms with E-state index in [2.05, 4.69) is 81.0 Å². The Hall–Kier alpha value is -2.13. The Kier molecular flexibility index (Phi) is 5.05. The molecule has 6 nitrogen and oxygen atoms in total. The Labute approximate surface area is 171 Å². The maximum absolute atomic E-state index is 11.0. The number of piperazine rings is 1. The van der Waals surface area contributed by atoms with Crippen LogP contribution in [-0.2, 0) is 6.54 Å². The van der Waals surface area contributed by atoms with E-state index in [9.17, 15) is 4.79 Å². The molecule has 1 aliphatic heterocycles. The second kappa shape index (κ2) is 7.47. The fraction of sp³-hybridized carbons (Fsp3) is 0.300. The second-order valence-corrected chi connectivity index (χ2v) is 8.04. The molecule has 0 aliphatic carbocycles. The van der Waals surface area contributed by atoms with Crippen molar-refractivity contribution in [2.24, 2.45) is 0 Å². The molecule has 1 fully saturated rings. The van der Waals surface area contributed by atoms with Crippen LogP contribution in [0.3, 0.4) is 0 Å². The van der Waals surface area contributed by atoms with Crippen LogP contribution in [-0.4, -0.2) is 57.4 Å². The number of rotatable bonds is 3. The molecule has 1 aliphatic rings. The molecule has 0 atom stereocenters. The summed E-state index contributed by atoms with van der Waals surface area (Å²) in [4.78, 5) is 14.8. The van der Waals surface area contributed by atoms with Gasteiger partial charge in [-0.05, 0) is 63.9 Å². The minimum Gasteiger partial charge on any atom is -0.465 e. The Balaban J connectivity index is 1.49. The van der Waals surface area contributed by atoms with Crippen molar-refractivity contribution in [1.29, 1.82) is 0 Å². The predicted octanol–water partition coefficient (Wildman–Crippen LogP) is 3.94. The number of carboxylic acid groups (broad SMARTS) is 1. The lowest BCUT2D eigenvalue weighted by Crippen LogP contribution is -2.47. The van der Waals surface area contributed by atoms with Crippen LogP contribution in [0.5, 0.6) is 0 Å². The monoisotopic (exact) mass is 476 g/mol. The third-order valence-electron chi connectivity index (χ3n) is 5.17. The predicted molar refractivity (Wildman–Crippen MR) is 114 cm³/mol. The lowest BCUT2D eigenvalue weighted by molar-refractivity contribution is 0.103. The molecule has 0 radical (unpaired) electrons. The van der Waals surface area contributed by atoms with E-state index in [0.29, 0.717) is 13.1 Å². The van der Waals surface area contributed by atoms with Crippen molar-refractivity contribution in [1.82, 2.24) is 20.0 Å². The average Bonchev–Trinajstić information content (AvgIpc) is 3.02. The first-order valence-electron chi connectivity index (χ1n) is 8.95. The van der Waals surface area contributed by atoms with Crippen molar-refractivity contribution < 1.29 is 9.90 Å². The molecule has 3 aromatic rings. The molecule has 2 heterocycles. The lowest BCUT2D eigenvalue weighted by Gasteiger charge is -2.33. The minimum absolute atomic E-state index is 0.579. The van der Waals surface area contributed by atoms with Crippen molar-refractivity contribution in [3.63, 3.8) is 0 Å². The maximum atomic E-state index is 11.0. The van der Waals surface area contributed by atoms with Crippen LogP contribution in [0.4, 0.5) is 4.79 Å². The normalized spacial score (nSPS) is 15.4. The van der Waals surface area contributed by atoms with Crippen molar-refractivity contribution in [3.8, 4) is 11.1 Å². The standard InChI is InChI=1S/C20H21IN4O2/c1-13-10-18-17(19(21)23-22-18)11-16(13)15-4-2-14(3-5-15)12-24-6-8-25(9-7-24)20(26)27/h2-5,10-11H,6-9,12H2,1H3,(H,22,23)(H,26,27). The highest BCUT2D eigenvalue weighted by molar-refractivity contribution is 14.1. The lowest BCUT2D eigenvalue weighted by atomic mass is 9.98. The van der Waals surface area contributed by atoms with Gasteiger partial charge in [-0.15, -0.1) is 0 Å². The molecule has 1 amide bonds. The number of carbonyl (C=O) groups is 1. The van der Waals surface area contributed by atoms with Gasteiger partial charge in [-0.2, -0.15) is 5.10 Å². The third kappa shape index (κ3) is 3.79. The molecule has 7 heteroatoms. The number of nitrogens with zero attached hydrogens (tertiary/aromatic N) is 3. The number of fused-ring (bicyclic) bond motifs is 1. The molecule has 140 valence electrons. The quantitative estimate of drug-likeness (QED) is 0.562. The number of benzene rings is 2. The molecule has 2 N–H and O–H groups in total. The van der Waals surface area contributed by atoms with E-state index in [1.165, 1.54) is 27.2 Å².